The highest BCUT2D eigenvalue weighted by molar-refractivity contribution is 7.89. The summed E-state index contributed by atoms with van der Waals surface area (Å²) in [5, 5.41) is 0. The summed E-state index contributed by atoms with van der Waals surface area (Å²) in [4.78, 5) is 2.62. The Morgan fingerprint density at radius 2 is 1.43 bits per heavy atom. The first-order chi connectivity index (χ1) is 9.99. The van der Waals surface area contributed by atoms with Crippen molar-refractivity contribution in [1.29, 1.82) is 0 Å². The Hall–Kier alpha value is -0.910. The molecule has 5 heteroatoms. The number of nitrogens with zero attached hydrogens (tertiary/aromatic N) is 2. The quantitative estimate of drug-likeness (QED) is 0.704. The Kier molecular flexibility index (Phi) is 7.35. The maximum atomic E-state index is 12.7. The zero-order valence-corrected chi connectivity index (χ0v) is 14.5. The van der Waals surface area contributed by atoms with Gasteiger partial charge in [0, 0.05) is 19.6 Å². The number of rotatable bonds is 9. The van der Waals surface area contributed by atoms with Gasteiger partial charge in [-0.15, -0.1) is 0 Å². The van der Waals surface area contributed by atoms with Gasteiger partial charge in [0.2, 0.25) is 10.0 Å². The van der Waals surface area contributed by atoms with Crippen LogP contribution >= 0.6 is 0 Å². The maximum absolute atomic E-state index is 12.7. The lowest BCUT2D eigenvalue weighted by atomic mass is 10.2. The summed E-state index contributed by atoms with van der Waals surface area (Å²) in [6.45, 7) is 11.8. The van der Waals surface area contributed by atoms with Crippen LogP contribution in [-0.4, -0.2) is 50.3 Å². The van der Waals surface area contributed by atoms with Gasteiger partial charge >= 0.3 is 0 Å². The number of likely N-dealkylation sites (N-methyl/N-ethyl adjacent to an activating group) is 2. The van der Waals surface area contributed by atoms with Crippen molar-refractivity contribution in [2.45, 2.75) is 39.0 Å². The third-order valence-corrected chi connectivity index (χ3v) is 5.87. The fraction of sp³-hybridized carbons (Fsp3) is 0.625. The van der Waals surface area contributed by atoms with E-state index in [1.807, 2.05) is 19.1 Å². The lowest BCUT2D eigenvalue weighted by Gasteiger charge is -2.25. The molecule has 1 aromatic rings. The van der Waals surface area contributed by atoms with E-state index in [0.29, 0.717) is 18.0 Å². The smallest absolute Gasteiger partial charge is 0.243 e. The highest BCUT2D eigenvalue weighted by Gasteiger charge is 2.22. The monoisotopic (exact) mass is 312 g/mol. The Labute approximate surface area is 129 Å². The zero-order valence-electron chi connectivity index (χ0n) is 13.7. The molecule has 21 heavy (non-hydrogen) atoms. The average molecular weight is 312 g/mol. The molecule has 0 spiro atoms. The Balaban J connectivity index is 2.85. The molecular weight excluding hydrogens is 284 g/mol. The largest absolute Gasteiger partial charge is 0.303 e. The van der Waals surface area contributed by atoms with E-state index in [0.717, 1.165) is 31.6 Å². The molecule has 0 unspecified atom stereocenters. The lowest BCUT2D eigenvalue weighted by Crippen LogP contribution is -2.38. The number of sulfonamides is 1. The van der Waals surface area contributed by atoms with E-state index in [4.69, 9.17) is 0 Å². The molecule has 0 aromatic heterocycles. The van der Waals surface area contributed by atoms with Crippen LogP contribution in [0.15, 0.2) is 29.2 Å². The molecule has 0 saturated carbocycles. The van der Waals surface area contributed by atoms with Gasteiger partial charge in [-0.1, -0.05) is 39.8 Å². The number of hydrogen-bond acceptors (Lipinski definition) is 3. The highest BCUT2D eigenvalue weighted by Crippen LogP contribution is 2.16. The number of benzene rings is 1. The van der Waals surface area contributed by atoms with Crippen LogP contribution in [-0.2, 0) is 16.4 Å². The van der Waals surface area contributed by atoms with E-state index in [1.165, 1.54) is 0 Å². The van der Waals surface area contributed by atoms with Gasteiger partial charge < -0.3 is 4.90 Å². The minimum absolute atomic E-state index is 0.390. The summed E-state index contributed by atoms with van der Waals surface area (Å²) in [5.41, 5.74) is 1.15. The number of aryl methyl sites for hydroxylation is 1. The van der Waals surface area contributed by atoms with Gasteiger partial charge in [-0.3, -0.25) is 0 Å². The average Bonchev–Trinajstić information content (AvgIpc) is 2.51. The van der Waals surface area contributed by atoms with Crippen LogP contribution in [0, 0.1) is 0 Å². The molecule has 0 bridgehead atoms. The summed E-state index contributed by atoms with van der Waals surface area (Å²) in [7, 11) is -3.38. The Morgan fingerprint density at radius 1 is 0.857 bits per heavy atom. The first-order valence-electron chi connectivity index (χ1n) is 7.80. The second-order valence-corrected chi connectivity index (χ2v) is 6.96. The van der Waals surface area contributed by atoms with E-state index in [9.17, 15) is 8.42 Å². The summed E-state index contributed by atoms with van der Waals surface area (Å²) in [6, 6.07) is 7.22. The molecule has 0 saturated heterocycles. The molecular formula is C16H28N2O2S. The van der Waals surface area contributed by atoms with Crippen molar-refractivity contribution < 1.29 is 8.42 Å². The predicted octanol–water partition coefficient (Wildman–Crippen LogP) is 2.60. The molecule has 0 amide bonds. The van der Waals surface area contributed by atoms with Gasteiger partial charge in [0.05, 0.1) is 4.90 Å². The standard InChI is InChI=1S/C16H28N2O2S/c1-5-15-9-11-16(12-10-15)21(19,20)18(8-4)14-13-17(6-2)7-3/h9-12H,5-8,13-14H2,1-4H3. The van der Waals surface area contributed by atoms with Gasteiger partial charge in [0.1, 0.15) is 0 Å². The van der Waals surface area contributed by atoms with Crippen LogP contribution in [0.3, 0.4) is 0 Å². The van der Waals surface area contributed by atoms with Crippen LogP contribution in [0.2, 0.25) is 0 Å². The van der Waals surface area contributed by atoms with E-state index >= 15 is 0 Å². The zero-order chi connectivity index (χ0) is 15.9. The maximum Gasteiger partial charge on any atom is 0.243 e. The van der Waals surface area contributed by atoms with E-state index in [1.54, 1.807) is 16.4 Å². The summed E-state index contributed by atoms with van der Waals surface area (Å²) >= 11 is 0. The highest BCUT2D eigenvalue weighted by atomic mass is 32.2. The normalized spacial score (nSPS) is 12.3. The van der Waals surface area contributed by atoms with Crippen LogP contribution in [0.1, 0.15) is 33.3 Å². The van der Waals surface area contributed by atoms with Gasteiger partial charge in [-0.05, 0) is 37.2 Å². The second-order valence-electron chi connectivity index (χ2n) is 5.02. The third kappa shape index (κ3) is 4.80. The van der Waals surface area contributed by atoms with Crippen molar-refractivity contribution in [2.24, 2.45) is 0 Å². The molecule has 0 atom stereocenters. The van der Waals surface area contributed by atoms with E-state index < -0.39 is 10.0 Å². The SMILES string of the molecule is CCc1ccc(S(=O)(=O)N(CC)CCN(CC)CC)cc1. The fourth-order valence-electron chi connectivity index (χ4n) is 2.29. The molecule has 0 radical (unpaired) electrons. The van der Waals surface area contributed by atoms with Gasteiger partial charge in [-0.25, -0.2) is 8.42 Å². The van der Waals surface area contributed by atoms with Gasteiger partial charge in [0.25, 0.3) is 0 Å². The molecule has 1 rings (SSSR count). The molecule has 4 nitrogen and oxygen atoms in total. The lowest BCUT2D eigenvalue weighted by molar-refractivity contribution is 0.274. The fourth-order valence-corrected chi connectivity index (χ4v) is 3.73. The van der Waals surface area contributed by atoms with Crippen LogP contribution in [0.5, 0.6) is 0 Å². The number of hydrogen-bond donors (Lipinski definition) is 0. The van der Waals surface area contributed by atoms with Crippen LogP contribution in [0.4, 0.5) is 0 Å². The molecule has 0 aliphatic carbocycles. The van der Waals surface area contributed by atoms with Gasteiger partial charge in [-0.2, -0.15) is 4.31 Å². The second kappa shape index (κ2) is 8.51. The van der Waals surface area contributed by atoms with Crippen LogP contribution in [0.25, 0.3) is 0 Å². The molecule has 0 N–H and O–H groups in total. The first-order valence-corrected chi connectivity index (χ1v) is 9.24. The molecule has 0 aliphatic heterocycles. The first kappa shape index (κ1) is 18.1. The summed E-state index contributed by atoms with van der Waals surface area (Å²) in [5.74, 6) is 0. The molecule has 0 heterocycles. The Morgan fingerprint density at radius 3 is 1.86 bits per heavy atom. The predicted molar refractivity (Wildman–Crippen MR) is 88.0 cm³/mol. The van der Waals surface area contributed by atoms with E-state index in [-0.39, 0.29) is 0 Å². The molecule has 0 aliphatic rings. The van der Waals surface area contributed by atoms with Gasteiger partial charge in [0.15, 0.2) is 0 Å². The van der Waals surface area contributed by atoms with Crippen molar-refractivity contribution in [3.8, 4) is 0 Å². The molecule has 1 aromatic carbocycles. The van der Waals surface area contributed by atoms with Crippen LogP contribution < -0.4 is 0 Å². The third-order valence-electron chi connectivity index (χ3n) is 3.88. The topological polar surface area (TPSA) is 40.6 Å². The van der Waals surface area contributed by atoms with Crippen molar-refractivity contribution in [3.05, 3.63) is 29.8 Å². The van der Waals surface area contributed by atoms with E-state index in [2.05, 4.69) is 25.7 Å². The minimum Gasteiger partial charge on any atom is -0.303 e. The molecule has 120 valence electrons. The van der Waals surface area contributed by atoms with Crippen molar-refractivity contribution in [2.75, 3.05) is 32.7 Å². The minimum atomic E-state index is -3.38. The Bertz CT molecular complexity index is 508. The summed E-state index contributed by atoms with van der Waals surface area (Å²) in [6.07, 6.45) is 0.916. The molecule has 0 fully saturated rings. The van der Waals surface area contributed by atoms with Crippen molar-refractivity contribution in [3.63, 3.8) is 0 Å². The van der Waals surface area contributed by atoms with Crippen molar-refractivity contribution in [1.82, 2.24) is 9.21 Å². The summed E-state index contributed by atoms with van der Waals surface area (Å²) < 4.78 is 26.9. The van der Waals surface area contributed by atoms with Crippen molar-refractivity contribution >= 4 is 10.0 Å².